The van der Waals surface area contributed by atoms with Crippen LogP contribution in [0.4, 0.5) is 10.7 Å². The zero-order valence-corrected chi connectivity index (χ0v) is 18.0. The molecule has 0 aromatic carbocycles. The Hall–Kier alpha value is -2.83. The third-order valence-electron chi connectivity index (χ3n) is 3.57. The summed E-state index contributed by atoms with van der Waals surface area (Å²) in [6.45, 7) is 2.38. The molecule has 3 aromatic rings. The largest absolute Gasteiger partial charge is 0.492 e. The Kier molecular flexibility index (Phi) is 6.48. The standard InChI is InChI=1S/C16H16Cl2N6O5S/c1-3-6-29-9-4-5-11-20-13(18)14(24(11)8-9)30(26,27)23-16(25)22-15-19-10(17)7-12(21-15)28-2/h4-5,7-8H,3,6H2,1-2H3,(H2,19,21,22,23,25). The van der Waals surface area contributed by atoms with Crippen molar-refractivity contribution >= 4 is 50.9 Å². The summed E-state index contributed by atoms with van der Waals surface area (Å²) >= 11 is 11.8. The van der Waals surface area contributed by atoms with Crippen molar-refractivity contribution in [3.63, 3.8) is 0 Å². The first-order valence-corrected chi connectivity index (χ1v) is 10.7. The molecule has 0 saturated heterocycles. The van der Waals surface area contributed by atoms with Gasteiger partial charge in [0.15, 0.2) is 10.2 Å². The highest BCUT2D eigenvalue weighted by Gasteiger charge is 2.27. The van der Waals surface area contributed by atoms with Gasteiger partial charge in [-0.1, -0.05) is 30.1 Å². The predicted molar refractivity (Wildman–Crippen MR) is 109 cm³/mol. The normalized spacial score (nSPS) is 11.3. The van der Waals surface area contributed by atoms with Crippen LogP contribution in [0.1, 0.15) is 13.3 Å². The maximum absolute atomic E-state index is 12.8. The molecule has 160 valence electrons. The van der Waals surface area contributed by atoms with Gasteiger partial charge in [-0.3, -0.25) is 9.72 Å². The van der Waals surface area contributed by atoms with Crippen molar-refractivity contribution < 1.29 is 22.7 Å². The lowest BCUT2D eigenvalue weighted by molar-refractivity contribution is 0.256. The minimum absolute atomic E-state index is 0.00977. The van der Waals surface area contributed by atoms with Crippen LogP contribution in [0.2, 0.25) is 10.3 Å². The number of carbonyl (C=O) groups is 1. The number of hydrogen-bond acceptors (Lipinski definition) is 8. The number of anilines is 1. The van der Waals surface area contributed by atoms with E-state index in [-0.39, 0.29) is 27.8 Å². The summed E-state index contributed by atoms with van der Waals surface area (Å²) in [5.41, 5.74) is 0.257. The topological polar surface area (TPSA) is 137 Å². The number of sulfonamides is 1. The van der Waals surface area contributed by atoms with Gasteiger partial charge in [0.05, 0.1) is 19.9 Å². The second-order valence-corrected chi connectivity index (χ2v) is 8.11. The van der Waals surface area contributed by atoms with E-state index in [0.29, 0.717) is 12.4 Å². The lowest BCUT2D eigenvalue weighted by Crippen LogP contribution is -2.35. The van der Waals surface area contributed by atoms with Crippen LogP contribution in [0.3, 0.4) is 0 Å². The maximum Gasteiger partial charge on any atom is 0.335 e. The average Bonchev–Trinajstić information content (AvgIpc) is 3.00. The molecule has 11 nitrogen and oxygen atoms in total. The van der Waals surface area contributed by atoms with E-state index >= 15 is 0 Å². The Morgan fingerprint density at radius 1 is 1.23 bits per heavy atom. The third-order valence-corrected chi connectivity index (χ3v) is 5.49. The van der Waals surface area contributed by atoms with Crippen LogP contribution < -0.4 is 19.5 Å². The Bertz CT molecular complexity index is 1200. The van der Waals surface area contributed by atoms with Gasteiger partial charge in [-0.15, -0.1) is 0 Å². The minimum Gasteiger partial charge on any atom is -0.492 e. The van der Waals surface area contributed by atoms with Crippen LogP contribution in [-0.4, -0.2) is 47.5 Å². The molecule has 0 aliphatic heterocycles. The monoisotopic (exact) mass is 474 g/mol. The van der Waals surface area contributed by atoms with Crippen molar-refractivity contribution in [1.29, 1.82) is 0 Å². The Morgan fingerprint density at radius 2 is 2.00 bits per heavy atom. The lowest BCUT2D eigenvalue weighted by atomic mass is 10.4. The number of halogens is 2. The molecule has 0 bridgehead atoms. The van der Waals surface area contributed by atoms with E-state index in [1.54, 1.807) is 12.1 Å². The second kappa shape index (κ2) is 8.90. The fourth-order valence-electron chi connectivity index (χ4n) is 2.38. The minimum atomic E-state index is -4.43. The number of aromatic nitrogens is 4. The number of hydrogen-bond donors (Lipinski definition) is 2. The van der Waals surface area contributed by atoms with Crippen LogP contribution in [-0.2, 0) is 10.0 Å². The maximum atomic E-state index is 12.8. The van der Waals surface area contributed by atoms with Crippen LogP contribution in [0.25, 0.3) is 5.65 Å². The number of rotatable bonds is 7. The first kappa shape index (κ1) is 21.9. The fraction of sp³-hybridized carbons (Fsp3) is 0.250. The van der Waals surface area contributed by atoms with E-state index in [1.807, 2.05) is 11.6 Å². The van der Waals surface area contributed by atoms with E-state index in [9.17, 15) is 13.2 Å². The van der Waals surface area contributed by atoms with E-state index in [2.05, 4.69) is 20.3 Å². The molecular formula is C16H16Cl2N6O5S. The summed E-state index contributed by atoms with van der Waals surface area (Å²) in [7, 11) is -3.08. The van der Waals surface area contributed by atoms with E-state index in [4.69, 9.17) is 32.7 Å². The Balaban J connectivity index is 1.87. The number of nitrogens with one attached hydrogen (secondary N) is 2. The highest BCUT2D eigenvalue weighted by atomic mass is 35.5. The molecule has 0 fully saturated rings. The van der Waals surface area contributed by atoms with Crippen molar-refractivity contribution in [1.82, 2.24) is 24.1 Å². The molecule has 2 amide bonds. The quantitative estimate of drug-likeness (QED) is 0.498. The second-order valence-electron chi connectivity index (χ2n) is 5.77. The molecular weight excluding hydrogens is 459 g/mol. The number of ether oxygens (including phenoxy) is 2. The average molecular weight is 475 g/mol. The molecule has 30 heavy (non-hydrogen) atoms. The van der Waals surface area contributed by atoms with Gasteiger partial charge in [-0.25, -0.2) is 19.5 Å². The number of methoxy groups -OCH3 is 1. The molecule has 0 aliphatic carbocycles. The van der Waals surface area contributed by atoms with Gasteiger partial charge >= 0.3 is 6.03 Å². The van der Waals surface area contributed by atoms with Crippen LogP contribution >= 0.6 is 23.2 Å². The van der Waals surface area contributed by atoms with Crippen molar-refractivity contribution in [2.24, 2.45) is 0 Å². The molecule has 0 radical (unpaired) electrons. The van der Waals surface area contributed by atoms with Crippen molar-refractivity contribution in [3.8, 4) is 11.6 Å². The van der Waals surface area contributed by atoms with Gasteiger partial charge in [0.1, 0.15) is 16.5 Å². The van der Waals surface area contributed by atoms with Crippen molar-refractivity contribution in [2.75, 3.05) is 19.0 Å². The summed E-state index contributed by atoms with van der Waals surface area (Å²) in [5, 5.41) is 1.41. The zero-order valence-electron chi connectivity index (χ0n) is 15.7. The van der Waals surface area contributed by atoms with Gasteiger partial charge < -0.3 is 9.47 Å². The van der Waals surface area contributed by atoms with Gasteiger partial charge in [-0.05, 0) is 18.6 Å². The third kappa shape index (κ3) is 4.83. The Morgan fingerprint density at radius 3 is 2.70 bits per heavy atom. The van der Waals surface area contributed by atoms with Crippen molar-refractivity contribution in [3.05, 3.63) is 34.7 Å². The van der Waals surface area contributed by atoms with Crippen LogP contribution in [0.15, 0.2) is 29.4 Å². The number of imidazole rings is 1. The first-order chi connectivity index (χ1) is 14.2. The highest BCUT2D eigenvalue weighted by molar-refractivity contribution is 7.90. The highest BCUT2D eigenvalue weighted by Crippen LogP contribution is 2.25. The van der Waals surface area contributed by atoms with E-state index in [0.717, 1.165) is 6.42 Å². The fourth-order valence-corrected chi connectivity index (χ4v) is 4.10. The van der Waals surface area contributed by atoms with Crippen molar-refractivity contribution in [2.45, 2.75) is 18.4 Å². The van der Waals surface area contributed by atoms with Gasteiger partial charge in [0.2, 0.25) is 11.8 Å². The molecule has 0 spiro atoms. The van der Waals surface area contributed by atoms with Crippen LogP contribution in [0.5, 0.6) is 11.6 Å². The molecule has 3 rings (SSSR count). The van der Waals surface area contributed by atoms with Gasteiger partial charge in [0.25, 0.3) is 10.0 Å². The smallest absolute Gasteiger partial charge is 0.335 e. The number of amides is 2. The van der Waals surface area contributed by atoms with E-state index in [1.165, 1.54) is 23.8 Å². The molecule has 0 aliphatic rings. The molecule has 2 N–H and O–H groups in total. The first-order valence-electron chi connectivity index (χ1n) is 8.46. The van der Waals surface area contributed by atoms with Gasteiger partial charge in [0, 0.05) is 6.07 Å². The molecule has 14 heteroatoms. The molecule has 0 saturated carbocycles. The summed E-state index contributed by atoms with van der Waals surface area (Å²) in [6.07, 6.45) is 2.19. The molecule has 0 unspecified atom stereocenters. The zero-order chi connectivity index (χ0) is 21.9. The number of nitrogens with zero attached hydrogens (tertiary/aromatic N) is 4. The van der Waals surface area contributed by atoms with Gasteiger partial charge in [-0.2, -0.15) is 13.4 Å². The summed E-state index contributed by atoms with van der Waals surface area (Å²) < 4.78 is 39.1. The number of urea groups is 1. The summed E-state index contributed by atoms with van der Waals surface area (Å²) in [5.74, 6) is 0.239. The number of carbonyl (C=O) groups excluding carboxylic acids is 1. The van der Waals surface area contributed by atoms with Crippen LogP contribution in [0, 0.1) is 0 Å². The van der Waals surface area contributed by atoms with E-state index < -0.39 is 21.1 Å². The Labute approximate surface area is 181 Å². The lowest BCUT2D eigenvalue weighted by Gasteiger charge is -2.10. The SMILES string of the molecule is CCCOc1ccc2nc(Cl)c(S(=O)(=O)NC(=O)Nc3nc(Cl)cc(OC)n3)n2c1. The molecule has 0 atom stereocenters. The molecule has 3 heterocycles. The summed E-state index contributed by atoms with van der Waals surface area (Å²) in [6, 6.07) is 3.36. The number of fused-ring (bicyclic) bond motifs is 1. The number of pyridine rings is 1. The predicted octanol–water partition coefficient (Wildman–Crippen LogP) is 2.74. The molecule has 3 aromatic heterocycles. The summed E-state index contributed by atoms with van der Waals surface area (Å²) in [4.78, 5) is 23.8.